The molecule has 2 amide bonds. The van der Waals surface area contributed by atoms with Gasteiger partial charge in [0.2, 0.25) is 0 Å². The van der Waals surface area contributed by atoms with Crippen molar-refractivity contribution in [2.24, 2.45) is 11.0 Å². The van der Waals surface area contributed by atoms with Crippen molar-refractivity contribution in [1.82, 2.24) is 10.7 Å². The summed E-state index contributed by atoms with van der Waals surface area (Å²) >= 11 is 5.93. The van der Waals surface area contributed by atoms with E-state index in [1.807, 2.05) is 0 Å². The van der Waals surface area contributed by atoms with Gasteiger partial charge in [0.1, 0.15) is 17.6 Å². The van der Waals surface area contributed by atoms with Crippen molar-refractivity contribution >= 4 is 35.3 Å². The van der Waals surface area contributed by atoms with Crippen molar-refractivity contribution in [2.75, 3.05) is 0 Å². The number of benzene rings is 2. The molecule has 0 saturated carbocycles. The Kier molecular flexibility index (Phi) is 7.80. The number of furan rings is 1. The van der Waals surface area contributed by atoms with Crippen LogP contribution in [0.4, 0.5) is 5.69 Å². The highest BCUT2D eigenvalue weighted by molar-refractivity contribution is 6.31. The third-order valence-electron chi connectivity index (χ3n) is 4.93. The summed E-state index contributed by atoms with van der Waals surface area (Å²) in [5.74, 6) is -0.573. The van der Waals surface area contributed by atoms with Crippen molar-refractivity contribution in [2.45, 2.75) is 26.8 Å². The molecule has 0 aliphatic carbocycles. The third-order valence-corrected chi connectivity index (χ3v) is 5.17. The summed E-state index contributed by atoms with van der Waals surface area (Å²) in [5, 5.41) is 18.3. The van der Waals surface area contributed by atoms with E-state index in [1.54, 1.807) is 63.2 Å². The summed E-state index contributed by atoms with van der Waals surface area (Å²) in [6, 6.07) is 13.6. The molecule has 1 aromatic heterocycles. The highest BCUT2D eigenvalue weighted by Crippen LogP contribution is 2.31. The first-order chi connectivity index (χ1) is 16.2. The minimum absolute atomic E-state index is 0.0682. The first-order valence-electron chi connectivity index (χ1n) is 10.4. The number of amides is 2. The molecule has 2 aromatic carbocycles. The SMILES string of the molecule is Cc1ccc(-c2ccc(/C=N/NC(=O)C(NC(=O)c3cccc(Cl)c3)C(C)C)o2)c([N+](=O)[O-])c1. The molecule has 2 N–H and O–H groups in total. The van der Waals surface area contributed by atoms with Crippen molar-refractivity contribution in [3.63, 3.8) is 0 Å². The maximum Gasteiger partial charge on any atom is 0.280 e. The standard InChI is InChI=1S/C24H23ClN4O5/c1-14(2)22(27-23(30)16-5-4-6-17(25)12-16)24(31)28-26-13-18-8-10-21(34-18)19-9-7-15(3)11-20(19)29(32)33/h4-14,22H,1-3H3,(H,27,30)(H,28,31)/b26-13+. The van der Waals surface area contributed by atoms with Gasteiger partial charge < -0.3 is 9.73 Å². The molecule has 9 nitrogen and oxygen atoms in total. The number of hydrogen-bond acceptors (Lipinski definition) is 6. The van der Waals surface area contributed by atoms with Crippen molar-refractivity contribution in [3.8, 4) is 11.3 Å². The summed E-state index contributed by atoms with van der Waals surface area (Å²) in [6.07, 6.45) is 1.28. The average molecular weight is 483 g/mol. The maximum atomic E-state index is 12.6. The van der Waals surface area contributed by atoms with Gasteiger partial charge in [-0.1, -0.05) is 37.6 Å². The number of carbonyl (C=O) groups is 2. The normalized spacial score (nSPS) is 12.0. The van der Waals surface area contributed by atoms with Crippen molar-refractivity contribution in [3.05, 3.63) is 86.6 Å². The molecule has 10 heteroatoms. The summed E-state index contributed by atoms with van der Waals surface area (Å²) in [7, 11) is 0. The first-order valence-corrected chi connectivity index (χ1v) is 10.8. The van der Waals surface area contributed by atoms with Crippen LogP contribution >= 0.6 is 11.6 Å². The number of rotatable bonds is 8. The fraction of sp³-hybridized carbons (Fsp3) is 0.208. The molecule has 0 aliphatic heterocycles. The molecule has 1 heterocycles. The molecule has 0 radical (unpaired) electrons. The molecule has 176 valence electrons. The smallest absolute Gasteiger partial charge is 0.280 e. The second-order valence-electron chi connectivity index (χ2n) is 7.92. The zero-order valence-electron chi connectivity index (χ0n) is 18.7. The Labute approximate surface area is 201 Å². The molecule has 1 atom stereocenters. The molecule has 3 rings (SSSR count). The van der Waals surface area contributed by atoms with Gasteiger partial charge in [0, 0.05) is 16.7 Å². The van der Waals surface area contributed by atoms with E-state index >= 15 is 0 Å². The molecule has 0 saturated heterocycles. The number of nitro benzene ring substituents is 1. The fourth-order valence-electron chi connectivity index (χ4n) is 3.19. The average Bonchev–Trinajstić information content (AvgIpc) is 3.25. The predicted molar refractivity (Wildman–Crippen MR) is 129 cm³/mol. The van der Waals surface area contributed by atoms with E-state index in [4.69, 9.17) is 16.0 Å². The molecule has 34 heavy (non-hydrogen) atoms. The van der Waals surface area contributed by atoms with E-state index < -0.39 is 22.8 Å². The molecular formula is C24H23ClN4O5. The second-order valence-corrected chi connectivity index (χ2v) is 8.36. The zero-order chi connectivity index (χ0) is 24.8. The summed E-state index contributed by atoms with van der Waals surface area (Å²) in [4.78, 5) is 36.0. The number of carbonyl (C=O) groups excluding carboxylic acids is 2. The number of hydrazone groups is 1. The Morgan fingerprint density at radius 1 is 1.15 bits per heavy atom. The van der Waals surface area contributed by atoms with E-state index in [2.05, 4.69) is 15.8 Å². The van der Waals surface area contributed by atoms with Gasteiger partial charge in [-0.15, -0.1) is 0 Å². The predicted octanol–water partition coefficient (Wildman–Crippen LogP) is 4.72. The van der Waals surface area contributed by atoms with Gasteiger partial charge in [0.05, 0.1) is 16.7 Å². The van der Waals surface area contributed by atoms with Gasteiger partial charge in [-0.3, -0.25) is 19.7 Å². The van der Waals surface area contributed by atoms with E-state index in [9.17, 15) is 19.7 Å². The molecule has 0 bridgehead atoms. The Morgan fingerprint density at radius 3 is 2.59 bits per heavy atom. The van der Waals surface area contributed by atoms with Gasteiger partial charge in [-0.05, 0) is 54.8 Å². The van der Waals surface area contributed by atoms with Crippen molar-refractivity contribution < 1.29 is 18.9 Å². The number of nitrogens with one attached hydrogen (secondary N) is 2. The van der Waals surface area contributed by atoms with E-state index in [0.717, 1.165) is 5.56 Å². The van der Waals surface area contributed by atoms with E-state index in [-0.39, 0.29) is 17.4 Å². The van der Waals surface area contributed by atoms with Gasteiger partial charge in [-0.2, -0.15) is 5.10 Å². The minimum atomic E-state index is -0.842. The van der Waals surface area contributed by atoms with Gasteiger partial charge in [-0.25, -0.2) is 5.43 Å². The lowest BCUT2D eigenvalue weighted by Crippen LogP contribution is -2.48. The Hall–Kier alpha value is -3.98. The van der Waals surface area contributed by atoms with Crippen LogP contribution in [0.5, 0.6) is 0 Å². The van der Waals surface area contributed by atoms with Gasteiger partial charge in [0.15, 0.2) is 0 Å². The van der Waals surface area contributed by atoms with Crippen LogP contribution in [0.3, 0.4) is 0 Å². The lowest BCUT2D eigenvalue weighted by atomic mass is 10.0. The number of nitro groups is 1. The Morgan fingerprint density at radius 2 is 1.91 bits per heavy atom. The van der Waals surface area contributed by atoms with Crippen LogP contribution in [0.2, 0.25) is 5.02 Å². The summed E-state index contributed by atoms with van der Waals surface area (Å²) in [5.41, 5.74) is 3.75. The number of aryl methyl sites for hydroxylation is 1. The van der Waals surface area contributed by atoms with Crippen LogP contribution in [-0.4, -0.2) is 29.0 Å². The molecular weight excluding hydrogens is 460 g/mol. The van der Waals surface area contributed by atoms with Crippen LogP contribution < -0.4 is 10.7 Å². The maximum absolute atomic E-state index is 12.6. The summed E-state index contributed by atoms with van der Waals surface area (Å²) < 4.78 is 5.64. The van der Waals surface area contributed by atoms with Gasteiger partial charge >= 0.3 is 0 Å². The second kappa shape index (κ2) is 10.8. The molecule has 1 unspecified atom stereocenters. The summed E-state index contributed by atoms with van der Waals surface area (Å²) in [6.45, 7) is 5.35. The van der Waals surface area contributed by atoms with Gasteiger partial charge in [0.25, 0.3) is 17.5 Å². The van der Waals surface area contributed by atoms with Crippen LogP contribution in [-0.2, 0) is 4.79 Å². The lowest BCUT2D eigenvalue weighted by Gasteiger charge is -2.20. The van der Waals surface area contributed by atoms with Crippen LogP contribution in [0.25, 0.3) is 11.3 Å². The van der Waals surface area contributed by atoms with E-state index in [1.165, 1.54) is 18.3 Å². The molecule has 3 aromatic rings. The molecule has 0 aliphatic rings. The lowest BCUT2D eigenvalue weighted by molar-refractivity contribution is -0.384. The van der Waals surface area contributed by atoms with Crippen LogP contribution in [0, 0.1) is 23.0 Å². The number of nitrogens with zero attached hydrogens (tertiary/aromatic N) is 2. The largest absolute Gasteiger partial charge is 0.455 e. The minimum Gasteiger partial charge on any atom is -0.455 e. The third kappa shape index (κ3) is 6.08. The zero-order valence-corrected chi connectivity index (χ0v) is 19.5. The number of halogens is 1. The molecule has 0 spiro atoms. The van der Waals surface area contributed by atoms with E-state index in [0.29, 0.717) is 21.9 Å². The number of hydrogen-bond donors (Lipinski definition) is 2. The topological polar surface area (TPSA) is 127 Å². The Bertz CT molecular complexity index is 1250. The first kappa shape index (κ1) is 24.7. The highest BCUT2D eigenvalue weighted by atomic mass is 35.5. The van der Waals surface area contributed by atoms with Crippen molar-refractivity contribution in [1.29, 1.82) is 0 Å². The quantitative estimate of drug-likeness (QED) is 0.273. The van der Waals surface area contributed by atoms with Crippen LogP contribution in [0.1, 0.15) is 35.5 Å². The highest BCUT2D eigenvalue weighted by Gasteiger charge is 2.24. The molecule has 0 fully saturated rings. The fourth-order valence-corrected chi connectivity index (χ4v) is 3.38. The monoisotopic (exact) mass is 482 g/mol. The van der Waals surface area contributed by atoms with Crippen LogP contribution in [0.15, 0.2) is 64.1 Å². The Balaban J connectivity index is 1.67.